The second-order valence-electron chi connectivity index (χ2n) is 5.37. The molecule has 0 N–H and O–H groups in total. The Labute approximate surface area is 112 Å². The fourth-order valence-electron chi connectivity index (χ4n) is 3.45. The number of rotatable bonds is 0. The van der Waals surface area contributed by atoms with Crippen molar-refractivity contribution < 1.29 is 4.39 Å². The topological polar surface area (TPSA) is 0 Å². The van der Waals surface area contributed by atoms with E-state index in [1.165, 1.54) is 27.8 Å². The van der Waals surface area contributed by atoms with Crippen molar-refractivity contribution in [1.29, 1.82) is 0 Å². The molecule has 0 amide bonds. The first-order valence-electron chi connectivity index (χ1n) is 6.93. The van der Waals surface area contributed by atoms with E-state index in [0.717, 1.165) is 31.2 Å². The van der Waals surface area contributed by atoms with Crippen LogP contribution in [-0.4, -0.2) is 0 Å². The lowest BCUT2D eigenvalue weighted by atomic mass is 9.79. The third kappa shape index (κ3) is 1.58. The first-order valence-corrected chi connectivity index (χ1v) is 6.93. The van der Waals surface area contributed by atoms with E-state index in [-0.39, 0.29) is 5.83 Å². The predicted molar refractivity (Wildman–Crippen MR) is 76.7 cm³/mol. The van der Waals surface area contributed by atoms with Gasteiger partial charge in [0.1, 0.15) is 5.83 Å². The molecule has 4 rings (SSSR count). The number of halogens is 1. The minimum atomic E-state index is -0.0390. The highest BCUT2D eigenvalue weighted by atomic mass is 19.1. The SMILES string of the molecule is FC1=CCCc2c1ccc1c2CCc2ccccc2-1. The van der Waals surface area contributed by atoms with Gasteiger partial charge in [-0.05, 0) is 59.6 Å². The van der Waals surface area contributed by atoms with Crippen LogP contribution in [-0.2, 0) is 19.3 Å². The fourth-order valence-corrected chi connectivity index (χ4v) is 3.45. The number of hydrogen-bond donors (Lipinski definition) is 0. The van der Waals surface area contributed by atoms with Gasteiger partial charge in [0.2, 0.25) is 0 Å². The van der Waals surface area contributed by atoms with Crippen LogP contribution >= 0.6 is 0 Å². The van der Waals surface area contributed by atoms with Crippen molar-refractivity contribution in [2.45, 2.75) is 25.7 Å². The first-order chi connectivity index (χ1) is 9.34. The van der Waals surface area contributed by atoms with E-state index >= 15 is 0 Å². The summed E-state index contributed by atoms with van der Waals surface area (Å²) in [7, 11) is 0. The lowest BCUT2D eigenvalue weighted by Gasteiger charge is -2.25. The summed E-state index contributed by atoms with van der Waals surface area (Å²) in [6.07, 6.45) is 5.64. The molecule has 0 aliphatic heterocycles. The van der Waals surface area contributed by atoms with Crippen molar-refractivity contribution >= 4 is 5.83 Å². The van der Waals surface area contributed by atoms with Gasteiger partial charge < -0.3 is 0 Å². The molecule has 2 aromatic carbocycles. The summed E-state index contributed by atoms with van der Waals surface area (Å²) in [6.45, 7) is 0. The molecule has 0 heterocycles. The van der Waals surface area contributed by atoms with Gasteiger partial charge in [-0.1, -0.05) is 36.4 Å². The number of allylic oxidation sites excluding steroid dienone is 1. The van der Waals surface area contributed by atoms with E-state index in [2.05, 4.69) is 30.3 Å². The molecule has 94 valence electrons. The third-order valence-electron chi connectivity index (χ3n) is 4.36. The highest BCUT2D eigenvalue weighted by Gasteiger charge is 2.22. The van der Waals surface area contributed by atoms with E-state index < -0.39 is 0 Å². The minimum absolute atomic E-state index is 0.0390. The van der Waals surface area contributed by atoms with Crippen molar-refractivity contribution in [3.05, 3.63) is 64.7 Å². The number of fused-ring (bicyclic) bond motifs is 5. The van der Waals surface area contributed by atoms with Crippen LogP contribution in [0.15, 0.2) is 42.5 Å². The highest BCUT2D eigenvalue weighted by Crippen LogP contribution is 2.40. The van der Waals surface area contributed by atoms with Crippen molar-refractivity contribution in [1.82, 2.24) is 0 Å². The molecule has 0 bridgehead atoms. The molecule has 0 atom stereocenters. The average Bonchev–Trinajstić information content (AvgIpc) is 2.47. The van der Waals surface area contributed by atoms with Gasteiger partial charge in [-0.3, -0.25) is 0 Å². The van der Waals surface area contributed by atoms with Gasteiger partial charge in [0.25, 0.3) is 0 Å². The number of aryl methyl sites for hydroxylation is 1. The summed E-state index contributed by atoms with van der Waals surface area (Å²) in [4.78, 5) is 0. The predicted octanol–water partition coefficient (Wildman–Crippen LogP) is 4.71. The molecule has 0 radical (unpaired) electrons. The first kappa shape index (κ1) is 11.0. The molecule has 0 aromatic heterocycles. The summed E-state index contributed by atoms with van der Waals surface area (Å²) in [5, 5.41) is 0. The van der Waals surface area contributed by atoms with Crippen LogP contribution in [0.3, 0.4) is 0 Å². The van der Waals surface area contributed by atoms with E-state index in [0.29, 0.717) is 0 Å². The quantitative estimate of drug-likeness (QED) is 0.635. The second kappa shape index (κ2) is 4.06. The Morgan fingerprint density at radius 1 is 0.737 bits per heavy atom. The third-order valence-corrected chi connectivity index (χ3v) is 4.36. The Morgan fingerprint density at radius 3 is 2.47 bits per heavy atom. The van der Waals surface area contributed by atoms with Crippen LogP contribution in [0.5, 0.6) is 0 Å². The molecule has 1 heteroatoms. The lowest BCUT2D eigenvalue weighted by Crippen LogP contribution is -2.10. The molecule has 0 saturated heterocycles. The van der Waals surface area contributed by atoms with Gasteiger partial charge >= 0.3 is 0 Å². The maximum Gasteiger partial charge on any atom is 0.126 e. The van der Waals surface area contributed by atoms with Crippen molar-refractivity contribution in [3.8, 4) is 11.1 Å². The normalized spacial score (nSPS) is 16.2. The zero-order valence-electron chi connectivity index (χ0n) is 10.7. The van der Waals surface area contributed by atoms with Gasteiger partial charge in [0.05, 0.1) is 0 Å². The van der Waals surface area contributed by atoms with E-state index in [1.807, 2.05) is 6.07 Å². The van der Waals surface area contributed by atoms with Crippen molar-refractivity contribution in [3.63, 3.8) is 0 Å². The smallest absolute Gasteiger partial charge is 0.126 e. The van der Waals surface area contributed by atoms with Crippen LogP contribution in [0.25, 0.3) is 17.0 Å². The molecule has 2 aromatic rings. The maximum absolute atomic E-state index is 13.9. The van der Waals surface area contributed by atoms with Crippen LogP contribution in [0, 0.1) is 0 Å². The van der Waals surface area contributed by atoms with Gasteiger partial charge in [-0.25, -0.2) is 4.39 Å². The Bertz CT molecular complexity index is 695. The molecule has 0 unspecified atom stereocenters. The molecule has 0 nitrogen and oxygen atoms in total. The minimum Gasteiger partial charge on any atom is -0.207 e. The van der Waals surface area contributed by atoms with E-state index in [4.69, 9.17) is 0 Å². The van der Waals surface area contributed by atoms with Crippen LogP contribution in [0.4, 0.5) is 4.39 Å². The van der Waals surface area contributed by atoms with Crippen LogP contribution in [0.2, 0.25) is 0 Å². The zero-order chi connectivity index (χ0) is 12.8. The summed E-state index contributed by atoms with van der Waals surface area (Å²) in [5.74, 6) is -0.0390. The molecule has 0 fully saturated rings. The molecular formula is C18H15F. The molecule has 0 spiro atoms. The summed E-state index contributed by atoms with van der Waals surface area (Å²) >= 11 is 0. The number of hydrogen-bond acceptors (Lipinski definition) is 0. The molecule has 2 aliphatic rings. The standard InChI is InChI=1S/C18H15F/c19-18-7-3-6-14-16-9-8-12-4-1-2-5-13(12)15(16)10-11-17(14)18/h1-2,4-5,7,10-11H,3,6,8-9H2. The van der Waals surface area contributed by atoms with Crippen molar-refractivity contribution in [2.75, 3.05) is 0 Å². The van der Waals surface area contributed by atoms with E-state index in [9.17, 15) is 4.39 Å². The Hall–Kier alpha value is -1.89. The second-order valence-corrected chi connectivity index (χ2v) is 5.37. The summed E-state index contributed by atoms with van der Waals surface area (Å²) < 4.78 is 13.9. The van der Waals surface area contributed by atoms with Gasteiger partial charge in [-0.2, -0.15) is 0 Å². The molecule has 0 saturated carbocycles. The average molecular weight is 250 g/mol. The molecular weight excluding hydrogens is 235 g/mol. The van der Waals surface area contributed by atoms with Crippen molar-refractivity contribution in [2.24, 2.45) is 0 Å². The summed E-state index contributed by atoms with van der Waals surface area (Å²) in [6, 6.07) is 12.7. The van der Waals surface area contributed by atoms with Crippen LogP contribution < -0.4 is 0 Å². The fraction of sp³-hybridized carbons (Fsp3) is 0.222. The van der Waals surface area contributed by atoms with Gasteiger partial charge in [-0.15, -0.1) is 0 Å². The Balaban J connectivity index is 1.98. The molecule has 2 aliphatic carbocycles. The number of benzene rings is 2. The maximum atomic E-state index is 13.9. The highest BCUT2D eigenvalue weighted by molar-refractivity contribution is 5.78. The molecule has 19 heavy (non-hydrogen) atoms. The van der Waals surface area contributed by atoms with E-state index in [1.54, 1.807) is 6.08 Å². The lowest BCUT2D eigenvalue weighted by molar-refractivity contribution is 0.734. The van der Waals surface area contributed by atoms with Crippen LogP contribution in [0.1, 0.15) is 28.7 Å². The Morgan fingerprint density at radius 2 is 1.53 bits per heavy atom. The largest absolute Gasteiger partial charge is 0.207 e. The van der Waals surface area contributed by atoms with Gasteiger partial charge in [0.15, 0.2) is 0 Å². The zero-order valence-corrected chi connectivity index (χ0v) is 10.7. The Kier molecular flexibility index (Phi) is 2.34. The summed E-state index contributed by atoms with van der Waals surface area (Å²) in [5.41, 5.74) is 7.51. The van der Waals surface area contributed by atoms with Gasteiger partial charge in [0, 0.05) is 5.56 Å². The monoisotopic (exact) mass is 250 g/mol.